The highest BCUT2D eigenvalue weighted by Gasteiger charge is 2.27. The summed E-state index contributed by atoms with van der Waals surface area (Å²) in [7, 11) is 0. The van der Waals surface area contributed by atoms with E-state index in [0.29, 0.717) is 17.5 Å². The molecule has 1 atom stereocenters. The molecule has 2 aromatic rings. The maximum atomic E-state index is 13.1. The number of pyridine rings is 1. The average molecular weight is 414 g/mol. The third-order valence-corrected chi connectivity index (χ3v) is 6.10. The number of ether oxygens (including phenoxy) is 1. The Bertz CT molecular complexity index is 838. The summed E-state index contributed by atoms with van der Waals surface area (Å²) < 4.78 is 5.98. The summed E-state index contributed by atoms with van der Waals surface area (Å²) in [6, 6.07) is 11.4. The number of hydrogen-bond donors (Lipinski definition) is 0. The molecule has 4 rings (SSSR count). The Kier molecular flexibility index (Phi) is 6.55. The molecule has 1 aromatic carbocycles. The number of halogens is 1. The van der Waals surface area contributed by atoms with Crippen LogP contribution in [0.2, 0.25) is 5.02 Å². The molecular weight excluding hydrogens is 386 g/mol. The van der Waals surface area contributed by atoms with Gasteiger partial charge >= 0.3 is 0 Å². The molecule has 0 bridgehead atoms. The first-order valence-electron chi connectivity index (χ1n) is 10.6. The second-order valence-corrected chi connectivity index (χ2v) is 8.33. The number of aromatic nitrogens is 1. The number of carbonyl (C=O) groups excluding carboxylic acids is 1. The van der Waals surface area contributed by atoms with E-state index < -0.39 is 0 Å². The van der Waals surface area contributed by atoms with Gasteiger partial charge in [0.25, 0.3) is 5.91 Å². The Morgan fingerprint density at radius 3 is 2.72 bits per heavy atom. The number of likely N-dealkylation sites (tertiary alicyclic amines) is 1. The molecule has 0 radical (unpaired) electrons. The summed E-state index contributed by atoms with van der Waals surface area (Å²) in [4.78, 5) is 21.9. The van der Waals surface area contributed by atoms with Crippen LogP contribution < -0.4 is 9.64 Å². The van der Waals surface area contributed by atoms with E-state index in [9.17, 15) is 4.79 Å². The van der Waals surface area contributed by atoms with Gasteiger partial charge in [-0.25, -0.2) is 4.98 Å². The van der Waals surface area contributed by atoms with E-state index in [4.69, 9.17) is 16.3 Å². The lowest BCUT2D eigenvalue weighted by Crippen LogP contribution is -2.41. The number of carbonyl (C=O) groups is 1. The van der Waals surface area contributed by atoms with Crippen molar-refractivity contribution >= 4 is 23.3 Å². The van der Waals surface area contributed by atoms with Crippen LogP contribution in [0.4, 0.5) is 5.82 Å². The molecule has 2 aliphatic rings. The molecule has 2 aliphatic heterocycles. The lowest BCUT2D eigenvalue weighted by Gasteiger charge is -2.35. The SMILES string of the molecule is O=C(c1cccnc1N1CCCC(COc2ccccc2Cl)C1)N1CCCCC1. The average Bonchev–Trinajstić information content (AvgIpc) is 2.79. The zero-order chi connectivity index (χ0) is 20.1. The molecule has 154 valence electrons. The van der Waals surface area contributed by atoms with E-state index in [2.05, 4.69) is 9.88 Å². The topological polar surface area (TPSA) is 45.7 Å². The number of nitrogens with zero attached hydrogens (tertiary/aromatic N) is 3. The van der Waals surface area contributed by atoms with Crippen molar-refractivity contribution in [2.45, 2.75) is 32.1 Å². The summed E-state index contributed by atoms with van der Waals surface area (Å²) in [6.45, 7) is 4.06. The number of piperidine rings is 2. The minimum absolute atomic E-state index is 0.113. The highest BCUT2D eigenvalue weighted by atomic mass is 35.5. The Balaban J connectivity index is 1.44. The van der Waals surface area contributed by atoms with Crippen LogP contribution in [0.15, 0.2) is 42.6 Å². The summed E-state index contributed by atoms with van der Waals surface area (Å²) >= 11 is 6.21. The van der Waals surface area contributed by atoms with Gasteiger partial charge in [0.1, 0.15) is 11.6 Å². The van der Waals surface area contributed by atoms with Crippen LogP contribution in [0, 0.1) is 5.92 Å². The van der Waals surface area contributed by atoms with Gasteiger partial charge in [-0.05, 0) is 56.4 Å². The summed E-state index contributed by atoms with van der Waals surface area (Å²) in [5, 5.41) is 0.638. The minimum Gasteiger partial charge on any atom is -0.492 e. The van der Waals surface area contributed by atoms with E-state index in [0.717, 1.165) is 69.0 Å². The molecule has 2 fully saturated rings. The maximum absolute atomic E-state index is 13.1. The van der Waals surface area contributed by atoms with Crippen molar-refractivity contribution in [1.82, 2.24) is 9.88 Å². The van der Waals surface area contributed by atoms with Gasteiger partial charge in [-0.1, -0.05) is 23.7 Å². The fourth-order valence-electron chi connectivity index (χ4n) is 4.25. The van der Waals surface area contributed by atoms with Gasteiger partial charge in [-0.2, -0.15) is 0 Å². The molecule has 0 N–H and O–H groups in total. The molecule has 0 spiro atoms. The van der Waals surface area contributed by atoms with Crippen LogP contribution in [0.3, 0.4) is 0 Å². The van der Waals surface area contributed by atoms with E-state index in [1.165, 1.54) is 6.42 Å². The number of para-hydroxylation sites is 1. The van der Waals surface area contributed by atoms with E-state index in [-0.39, 0.29) is 5.91 Å². The molecule has 2 saturated heterocycles. The molecule has 1 aromatic heterocycles. The van der Waals surface area contributed by atoms with Crippen LogP contribution in [0.25, 0.3) is 0 Å². The minimum atomic E-state index is 0.113. The van der Waals surface area contributed by atoms with Gasteiger partial charge in [0.15, 0.2) is 0 Å². The second kappa shape index (κ2) is 9.49. The molecule has 1 amide bonds. The third-order valence-electron chi connectivity index (χ3n) is 5.79. The first kappa shape index (κ1) is 20.0. The summed E-state index contributed by atoms with van der Waals surface area (Å²) in [5.41, 5.74) is 0.724. The first-order valence-corrected chi connectivity index (χ1v) is 11.0. The van der Waals surface area contributed by atoms with Crippen LogP contribution >= 0.6 is 11.6 Å². The van der Waals surface area contributed by atoms with Gasteiger partial charge in [-0.3, -0.25) is 4.79 Å². The second-order valence-electron chi connectivity index (χ2n) is 7.92. The molecule has 0 aliphatic carbocycles. The largest absolute Gasteiger partial charge is 0.492 e. The molecule has 1 unspecified atom stereocenters. The number of hydrogen-bond acceptors (Lipinski definition) is 4. The van der Waals surface area contributed by atoms with Crippen LogP contribution in [-0.4, -0.2) is 48.6 Å². The third kappa shape index (κ3) is 4.84. The molecule has 3 heterocycles. The van der Waals surface area contributed by atoms with Gasteiger partial charge in [-0.15, -0.1) is 0 Å². The molecule has 6 heteroatoms. The zero-order valence-corrected chi connectivity index (χ0v) is 17.5. The predicted octanol–water partition coefficient (Wildman–Crippen LogP) is 4.66. The standard InChI is InChI=1S/C23H28ClN3O2/c24-20-10-2-3-11-21(20)29-17-18-8-7-15-27(16-18)22-19(9-6-12-25-22)23(28)26-13-4-1-5-14-26/h2-3,6,9-12,18H,1,4-5,7-8,13-17H2. The number of rotatable bonds is 5. The van der Waals surface area contributed by atoms with Crippen molar-refractivity contribution in [3.63, 3.8) is 0 Å². The van der Waals surface area contributed by atoms with E-state index in [1.807, 2.05) is 41.3 Å². The number of anilines is 1. The lowest BCUT2D eigenvalue weighted by molar-refractivity contribution is 0.0724. The van der Waals surface area contributed by atoms with Crippen molar-refractivity contribution < 1.29 is 9.53 Å². The van der Waals surface area contributed by atoms with Gasteiger partial charge < -0.3 is 14.5 Å². The fraction of sp³-hybridized carbons (Fsp3) is 0.478. The van der Waals surface area contributed by atoms with Gasteiger partial charge in [0, 0.05) is 38.3 Å². The Morgan fingerprint density at radius 1 is 1.07 bits per heavy atom. The molecular formula is C23H28ClN3O2. The Hall–Kier alpha value is -2.27. The van der Waals surface area contributed by atoms with E-state index >= 15 is 0 Å². The Morgan fingerprint density at radius 2 is 1.90 bits per heavy atom. The maximum Gasteiger partial charge on any atom is 0.257 e. The molecule has 29 heavy (non-hydrogen) atoms. The van der Waals surface area contributed by atoms with Crippen LogP contribution in [0.1, 0.15) is 42.5 Å². The van der Waals surface area contributed by atoms with Gasteiger partial charge in [0.2, 0.25) is 0 Å². The van der Waals surface area contributed by atoms with Crippen molar-refractivity contribution in [2.75, 3.05) is 37.7 Å². The smallest absolute Gasteiger partial charge is 0.257 e. The normalized spacial score (nSPS) is 19.8. The van der Waals surface area contributed by atoms with Crippen molar-refractivity contribution in [2.24, 2.45) is 5.92 Å². The zero-order valence-electron chi connectivity index (χ0n) is 16.7. The lowest BCUT2D eigenvalue weighted by atomic mass is 9.98. The Labute approximate surface area is 177 Å². The summed E-state index contributed by atoms with van der Waals surface area (Å²) in [6.07, 6.45) is 7.34. The van der Waals surface area contributed by atoms with Crippen molar-refractivity contribution in [1.29, 1.82) is 0 Å². The molecule has 0 saturated carbocycles. The monoisotopic (exact) mass is 413 g/mol. The highest BCUT2D eigenvalue weighted by Crippen LogP contribution is 2.28. The summed E-state index contributed by atoms with van der Waals surface area (Å²) in [5.74, 6) is 2.03. The molecule has 5 nitrogen and oxygen atoms in total. The fourth-order valence-corrected chi connectivity index (χ4v) is 4.44. The first-order chi connectivity index (χ1) is 14.2. The van der Waals surface area contributed by atoms with E-state index in [1.54, 1.807) is 6.20 Å². The number of benzene rings is 1. The predicted molar refractivity (Wildman–Crippen MR) is 116 cm³/mol. The highest BCUT2D eigenvalue weighted by molar-refractivity contribution is 6.32. The quantitative estimate of drug-likeness (QED) is 0.715. The van der Waals surface area contributed by atoms with Gasteiger partial charge in [0.05, 0.1) is 17.2 Å². The number of amides is 1. The van der Waals surface area contributed by atoms with Crippen LogP contribution in [-0.2, 0) is 0 Å². The van der Waals surface area contributed by atoms with Crippen molar-refractivity contribution in [3.8, 4) is 5.75 Å². The van der Waals surface area contributed by atoms with Crippen molar-refractivity contribution in [3.05, 3.63) is 53.2 Å². The van der Waals surface area contributed by atoms with Crippen LogP contribution in [0.5, 0.6) is 5.75 Å².